The molecule has 2 rings (SSSR count). The van der Waals surface area contributed by atoms with E-state index in [0.29, 0.717) is 17.5 Å². The average Bonchev–Trinajstić information content (AvgIpc) is 2.56. The number of amides is 1. The number of phenols is 1. The van der Waals surface area contributed by atoms with E-state index in [0.717, 1.165) is 24.9 Å². The van der Waals surface area contributed by atoms with Crippen LogP contribution in [0.1, 0.15) is 18.1 Å². The van der Waals surface area contributed by atoms with Gasteiger partial charge in [0.1, 0.15) is 11.5 Å². The van der Waals surface area contributed by atoms with E-state index < -0.39 is 5.91 Å². The summed E-state index contributed by atoms with van der Waals surface area (Å²) in [5.74, 6) is 0.498. The highest BCUT2D eigenvalue weighted by Crippen LogP contribution is 2.16. The topological polar surface area (TPSA) is 84.6 Å². The van der Waals surface area contributed by atoms with Crippen molar-refractivity contribution in [3.05, 3.63) is 59.7 Å². The third-order valence-electron chi connectivity index (χ3n) is 3.73. The van der Waals surface area contributed by atoms with Gasteiger partial charge in [0.05, 0.1) is 0 Å². The van der Waals surface area contributed by atoms with Crippen molar-refractivity contribution in [3.63, 3.8) is 0 Å². The van der Waals surface area contributed by atoms with Crippen molar-refractivity contribution in [2.45, 2.75) is 25.8 Å². The molecular weight excluding hydrogens is 304 g/mol. The molecule has 0 bridgehead atoms. The van der Waals surface area contributed by atoms with Crippen LogP contribution in [0, 0.1) is 0 Å². The molecule has 0 radical (unpaired) electrons. The van der Waals surface area contributed by atoms with Gasteiger partial charge in [0.15, 0.2) is 6.61 Å². The summed E-state index contributed by atoms with van der Waals surface area (Å²) in [4.78, 5) is 10.7. The van der Waals surface area contributed by atoms with E-state index in [1.807, 2.05) is 42.5 Å². The fraction of sp³-hybridized carbons (Fsp3) is 0.316. The summed E-state index contributed by atoms with van der Waals surface area (Å²) in [6.07, 6.45) is 1.67. The van der Waals surface area contributed by atoms with Crippen LogP contribution < -0.4 is 15.8 Å². The monoisotopic (exact) mass is 328 g/mol. The number of nitrogens with two attached hydrogens (primary N) is 1. The van der Waals surface area contributed by atoms with E-state index in [4.69, 9.17) is 10.5 Å². The Hall–Kier alpha value is -2.53. The Labute approximate surface area is 142 Å². The smallest absolute Gasteiger partial charge is 0.255 e. The normalized spacial score (nSPS) is 11.9. The minimum Gasteiger partial charge on any atom is -0.508 e. The fourth-order valence-electron chi connectivity index (χ4n) is 2.48. The largest absolute Gasteiger partial charge is 0.508 e. The third kappa shape index (κ3) is 5.93. The Kier molecular flexibility index (Phi) is 6.63. The number of para-hydroxylation sites is 1. The van der Waals surface area contributed by atoms with Gasteiger partial charge in [0.25, 0.3) is 5.91 Å². The lowest BCUT2D eigenvalue weighted by molar-refractivity contribution is -0.119. The predicted octanol–water partition coefficient (Wildman–Crippen LogP) is 2.02. The van der Waals surface area contributed by atoms with E-state index in [2.05, 4.69) is 12.2 Å². The second-order valence-corrected chi connectivity index (χ2v) is 5.84. The molecule has 0 aliphatic rings. The number of hydrogen-bond donors (Lipinski definition) is 3. The molecule has 2 aromatic rings. The first-order chi connectivity index (χ1) is 11.5. The van der Waals surface area contributed by atoms with Crippen molar-refractivity contribution in [1.29, 1.82) is 0 Å². The van der Waals surface area contributed by atoms with Gasteiger partial charge in [-0.15, -0.1) is 0 Å². The van der Waals surface area contributed by atoms with Gasteiger partial charge in [-0.05, 0) is 55.6 Å². The van der Waals surface area contributed by atoms with Gasteiger partial charge in [-0.2, -0.15) is 0 Å². The summed E-state index contributed by atoms with van der Waals surface area (Å²) in [7, 11) is 0. The summed E-state index contributed by atoms with van der Waals surface area (Å²) in [6, 6.07) is 15.4. The van der Waals surface area contributed by atoms with E-state index in [1.165, 1.54) is 5.56 Å². The SMILES string of the molecule is CC(Cc1ccc(OCC(N)=O)cc1)NCCc1ccccc1O. The number of carbonyl (C=O) groups is 1. The molecule has 5 nitrogen and oxygen atoms in total. The van der Waals surface area contributed by atoms with Crippen LogP contribution in [0.3, 0.4) is 0 Å². The van der Waals surface area contributed by atoms with E-state index >= 15 is 0 Å². The molecule has 0 aliphatic heterocycles. The molecule has 128 valence electrons. The number of ether oxygens (including phenoxy) is 1. The minimum atomic E-state index is -0.485. The maximum absolute atomic E-state index is 10.7. The van der Waals surface area contributed by atoms with Crippen LogP contribution in [0.2, 0.25) is 0 Å². The molecular formula is C19H24N2O3. The van der Waals surface area contributed by atoms with Crippen molar-refractivity contribution in [1.82, 2.24) is 5.32 Å². The highest BCUT2D eigenvalue weighted by molar-refractivity contribution is 5.75. The van der Waals surface area contributed by atoms with Gasteiger partial charge >= 0.3 is 0 Å². The van der Waals surface area contributed by atoms with Crippen LogP contribution in [0.5, 0.6) is 11.5 Å². The van der Waals surface area contributed by atoms with Crippen molar-refractivity contribution in [2.24, 2.45) is 5.73 Å². The van der Waals surface area contributed by atoms with Crippen LogP contribution >= 0.6 is 0 Å². The number of nitrogens with one attached hydrogen (secondary N) is 1. The van der Waals surface area contributed by atoms with Crippen molar-refractivity contribution >= 4 is 5.91 Å². The zero-order valence-corrected chi connectivity index (χ0v) is 13.9. The number of aromatic hydroxyl groups is 1. The maximum atomic E-state index is 10.7. The van der Waals surface area contributed by atoms with Gasteiger partial charge in [-0.1, -0.05) is 30.3 Å². The number of benzene rings is 2. The van der Waals surface area contributed by atoms with Gasteiger partial charge < -0.3 is 20.9 Å². The van der Waals surface area contributed by atoms with Gasteiger partial charge in [0, 0.05) is 6.04 Å². The van der Waals surface area contributed by atoms with Crippen LogP contribution in [-0.2, 0) is 17.6 Å². The fourth-order valence-corrected chi connectivity index (χ4v) is 2.48. The van der Waals surface area contributed by atoms with Crippen LogP contribution in [0.15, 0.2) is 48.5 Å². The maximum Gasteiger partial charge on any atom is 0.255 e. The summed E-state index contributed by atoms with van der Waals surface area (Å²) in [6.45, 7) is 2.82. The zero-order valence-electron chi connectivity index (χ0n) is 13.9. The van der Waals surface area contributed by atoms with E-state index in [9.17, 15) is 9.90 Å². The van der Waals surface area contributed by atoms with Gasteiger partial charge in [0.2, 0.25) is 0 Å². The number of primary amides is 1. The van der Waals surface area contributed by atoms with Gasteiger partial charge in [-0.3, -0.25) is 4.79 Å². The first kappa shape index (κ1) is 17.8. The Bertz CT molecular complexity index is 656. The number of hydrogen-bond acceptors (Lipinski definition) is 4. The summed E-state index contributed by atoms with van der Waals surface area (Å²) >= 11 is 0. The van der Waals surface area contributed by atoms with Crippen LogP contribution in [-0.4, -0.2) is 30.2 Å². The zero-order chi connectivity index (χ0) is 17.4. The molecule has 0 aromatic heterocycles. The third-order valence-corrected chi connectivity index (χ3v) is 3.73. The second kappa shape index (κ2) is 8.93. The number of phenolic OH excluding ortho intramolecular Hbond substituents is 1. The molecule has 2 aromatic carbocycles. The molecule has 4 N–H and O–H groups in total. The average molecular weight is 328 g/mol. The second-order valence-electron chi connectivity index (χ2n) is 5.84. The lowest BCUT2D eigenvalue weighted by Gasteiger charge is -2.14. The summed E-state index contributed by atoms with van der Waals surface area (Å²) < 4.78 is 5.24. The molecule has 0 saturated heterocycles. The summed E-state index contributed by atoms with van der Waals surface area (Å²) in [5.41, 5.74) is 7.18. The lowest BCUT2D eigenvalue weighted by Crippen LogP contribution is -2.30. The molecule has 0 fully saturated rings. The quantitative estimate of drug-likeness (QED) is 0.657. The Morgan fingerprint density at radius 1 is 1.21 bits per heavy atom. The highest BCUT2D eigenvalue weighted by Gasteiger charge is 2.05. The molecule has 0 spiro atoms. The predicted molar refractivity (Wildman–Crippen MR) is 94.1 cm³/mol. The van der Waals surface area contributed by atoms with Crippen LogP contribution in [0.25, 0.3) is 0 Å². The molecule has 24 heavy (non-hydrogen) atoms. The standard InChI is InChI=1S/C19H24N2O3/c1-14(21-11-10-16-4-2-3-5-18(16)22)12-15-6-8-17(9-7-15)24-13-19(20)23/h2-9,14,21-22H,10-13H2,1H3,(H2,20,23). The Morgan fingerprint density at radius 2 is 1.92 bits per heavy atom. The Balaban J connectivity index is 1.74. The number of rotatable bonds is 9. The highest BCUT2D eigenvalue weighted by atomic mass is 16.5. The molecule has 0 saturated carbocycles. The molecule has 5 heteroatoms. The van der Waals surface area contributed by atoms with Crippen molar-refractivity contribution in [2.75, 3.05) is 13.2 Å². The summed E-state index contributed by atoms with van der Waals surface area (Å²) in [5, 5.41) is 13.2. The first-order valence-electron chi connectivity index (χ1n) is 8.05. The molecule has 1 amide bonds. The number of carbonyl (C=O) groups excluding carboxylic acids is 1. The van der Waals surface area contributed by atoms with Crippen molar-refractivity contribution < 1.29 is 14.6 Å². The lowest BCUT2D eigenvalue weighted by atomic mass is 10.1. The Morgan fingerprint density at radius 3 is 2.58 bits per heavy atom. The van der Waals surface area contributed by atoms with Crippen LogP contribution in [0.4, 0.5) is 0 Å². The minimum absolute atomic E-state index is 0.108. The van der Waals surface area contributed by atoms with Gasteiger partial charge in [-0.25, -0.2) is 0 Å². The van der Waals surface area contributed by atoms with E-state index in [1.54, 1.807) is 6.07 Å². The van der Waals surface area contributed by atoms with E-state index in [-0.39, 0.29) is 6.61 Å². The van der Waals surface area contributed by atoms with Crippen molar-refractivity contribution in [3.8, 4) is 11.5 Å². The molecule has 0 aliphatic carbocycles. The molecule has 1 unspecified atom stereocenters. The molecule has 0 heterocycles. The molecule has 1 atom stereocenters. The first-order valence-corrected chi connectivity index (χ1v) is 8.05.